The van der Waals surface area contributed by atoms with E-state index in [2.05, 4.69) is 0 Å². The fourth-order valence-electron chi connectivity index (χ4n) is 0.291. The van der Waals surface area contributed by atoms with Crippen LogP contribution in [0.3, 0.4) is 0 Å². The molecule has 0 fully saturated rings. The number of rotatable bonds is 2. The van der Waals surface area contributed by atoms with Gasteiger partial charge in [0.1, 0.15) is 0 Å². The Labute approximate surface area is 70.9 Å². The summed E-state index contributed by atoms with van der Waals surface area (Å²) in [6.07, 6.45) is 0.553. The van der Waals surface area contributed by atoms with Gasteiger partial charge in [-0.2, -0.15) is 0 Å². The molecule has 3 nitrogen and oxygen atoms in total. The van der Waals surface area contributed by atoms with E-state index in [1.807, 2.05) is 0 Å². The summed E-state index contributed by atoms with van der Waals surface area (Å²) < 4.78 is 9.93. The van der Waals surface area contributed by atoms with Gasteiger partial charge >= 0.3 is 37.2 Å². The minimum atomic E-state index is -3.67. The van der Waals surface area contributed by atoms with Crippen molar-refractivity contribution in [3.8, 4) is 0 Å². The molecule has 46 valence electrons. The molecule has 0 aromatic carbocycles. The molecule has 0 atom stereocenters. The summed E-state index contributed by atoms with van der Waals surface area (Å²) in [5, 5.41) is 0. The van der Waals surface area contributed by atoms with E-state index in [-0.39, 0.29) is 35.7 Å². The van der Waals surface area contributed by atoms with Crippen molar-refractivity contribution in [1.82, 2.24) is 0 Å². The Morgan fingerprint density at radius 2 is 1.88 bits per heavy atom. The standard InChI is InChI=1S/C3H9O3P.Na.H/c1-2-3-7(4,5)6;;/h2-3H2,1H3,(H2,4,5,6);;. The van der Waals surface area contributed by atoms with Crippen LogP contribution in [-0.2, 0) is 4.57 Å². The molecule has 0 unspecified atom stereocenters. The molecule has 0 aliphatic carbocycles. The fourth-order valence-corrected chi connectivity index (χ4v) is 0.874. The van der Waals surface area contributed by atoms with Crippen LogP contribution in [0.1, 0.15) is 13.3 Å². The minimum absolute atomic E-state index is 0. The van der Waals surface area contributed by atoms with Crippen LogP contribution in [0, 0.1) is 0 Å². The van der Waals surface area contributed by atoms with Gasteiger partial charge in [-0.15, -0.1) is 0 Å². The van der Waals surface area contributed by atoms with Gasteiger partial charge in [-0.05, 0) is 6.42 Å². The molecule has 0 aliphatic rings. The number of hydrogen-bond acceptors (Lipinski definition) is 1. The summed E-state index contributed by atoms with van der Waals surface area (Å²) >= 11 is 0. The third kappa shape index (κ3) is 10.2. The Kier molecular flexibility index (Phi) is 7.40. The summed E-state index contributed by atoms with van der Waals surface area (Å²) in [4.78, 5) is 16.3. The Hall–Kier alpha value is 1.15. The Morgan fingerprint density at radius 1 is 1.50 bits per heavy atom. The van der Waals surface area contributed by atoms with E-state index in [1.54, 1.807) is 6.92 Å². The second-order valence-electron chi connectivity index (χ2n) is 1.39. The molecule has 0 amide bonds. The van der Waals surface area contributed by atoms with Crippen molar-refractivity contribution >= 4 is 37.2 Å². The van der Waals surface area contributed by atoms with Crippen LogP contribution in [0.4, 0.5) is 0 Å². The second kappa shape index (κ2) is 4.98. The van der Waals surface area contributed by atoms with Gasteiger partial charge in [0.05, 0.1) is 0 Å². The van der Waals surface area contributed by atoms with Gasteiger partial charge in [0.15, 0.2) is 0 Å². The van der Waals surface area contributed by atoms with E-state index in [0.717, 1.165) is 0 Å². The van der Waals surface area contributed by atoms with Gasteiger partial charge in [-0.25, -0.2) is 0 Å². The van der Waals surface area contributed by atoms with Gasteiger partial charge in [-0.1, -0.05) is 6.92 Å². The molecular weight excluding hydrogens is 138 g/mol. The maximum atomic E-state index is 9.93. The molecule has 2 N–H and O–H groups in total. The first-order valence-electron chi connectivity index (χ1n) is 2.11. The topological polar surface area (TPSA) is 57.5 Å². The molecule has 0 saturated heterocycles. The SMILES string of the molecule is CCCP(=O)(O)O.[NaH]. The second-order valence-corrected chi connectivity index (χ2v) is 3.16. The Morgan fingerprint density at radius 3 is 1.88 bits per heavy atom. The average Bonchev–Trinajstić information content (AvgIpc) is 1.30. The molecular formula is C3H10NaO3P. The van der Waals surface area contributed by atoms with Gasteiger partial charge in [-0.3, -0.25) is 4.57 Å². The van der Waals surface area contributed by atoms with Gasteiger partial charge < -0.3 is 9.79 Å². The van der Waals surface area contributed by atoms with Crippen molar-refractivity contribution in [1.29, 1.82) is 0 Å². The van der Waals surface area contributed by atoms with Gasteiger partial charge in [0.2, 0.25) is 0 Å². The van der Waals surface area contributed by atoms with E-state index in [4.69, 9.17) is 9.79 Å². The van der Waals surface area contributed by atoms with Crippen molar-refractivity contribution in [2.45, 2.75) is 13.3 Å². The Balaban J connectivity index is 0. The molecule has 8 heavy (non-hydrogen) atoms. The van der Waals surface area contributed by atoms with E-state index in [9.17, 15) is 4.57 Å². The molecule has 0 rings (SSSR count). The normalized spacial score (nSPS) is 10.4. The van der Waals surface area contributed by atoms with Crippen LogP contribution in [0.2, 0.25) is 0 Å². The molecule has 0 spiro atoms. The van der Waals surface area contributed by atoms with E-state index >= 15 is 0 Å². The van der Waals surface area contributed by atoms with Crippen LogP contribution in [0.5, 0.6) is 0 Å². The fraction of sp³-hybridized carbons (Fsp3) is 1.00. The quantitative estimate of drug-likeness (QED) is 0.425. The molecule has 5 heteroatoms. The Bertz CT molecular complexity index is 88.5. The van der Waals surface area contributed by atoms with Crippen molar-refractivity contribution < 1.29 is 14.4 Å². The molecule has 0 heterocycles. The summed E-state index contributed by atoms with van der Waals surface area (Å²) in [6.45, 7) is 1.74. The molecule has 0 aromatic heterocycles. The van der Waals surface area contributed by atoms with E-state index in [0.29, 0.717) is 6.42 Å². The zero-order valence-corrected chi connectivity index (χ0v) is 5.06. The van der Waals surface area contributed by atoms with Crippen LogP contribution >= 0.6 is 7.60 Å². The predicted octanol–water partition coefficient (Wildman–Crippen LogP) is -0.0744. The third-order valence-electron chi connectivity index (χ3n) is 0.515. The first-order chi connectivity index (χ1) is 3.06. The summed E-state index contributed by atoms with van der Waals surface area (Å²) in [5.74, 6) is 0. The monoisotopic (exact) mass is 148 g/mol. The molecule has 0 radical (unpaired) electrons. The van der Waals surface area contributed by atoms with E-state index < -0.39 is 7.60 Å². The number of hydrogen-bond donors (Lipinski definition) is 2. The zero-order valence-electron chi connectivity index (χ0n) is 4.16. The van der Waals surface area contributed by atoms with Gasteiger partial charge in [0.25, 0.3) is 0 Å². The predicted molar refractivity (Wildman–Crippen MR) is 34.4 cm³/mol. The van der Waals surface area contributed by atoms with Crippen molar-refractivity contribution in [2.75, 3.05) is 6.16 Å². The summed E-state index contributed by atoms with van der Waals surface area (Å²) in [7, 11) is -3.67. The van der Waals surface area contributed by atoms with E-state index in [1.165, 1.54) is 0 Å². The van der Waals surface area contributed by atoms with Crippen molar-refractivity contribution in [2.24, 2.45) is 0 Å². The van der Waals surface area contributed by atoms with Crippen LogP contribution < -0.4 is 0 Å². The molecule has 0 aliphatic heterocycles. The first kappa shape index (κ1) is 11.9. The maximum absolute atomic E-state index is 9.93. The zero-order chi connectivity index (χ0) is 5.91. The molecule has 0 saturated carbocycles. The van der Waals surface area contributed by atoms with Crippen LogP contribution in [0.25, 0.3) is 0 Å². The third-order valence-corrected chi connectivity index (χ3v) is 1.54. The summed E-state index contributed by atoms with van der Waals surface area (Å²) in [5.41, 5.74) is 0. The van der Waals surface area contributed by atoms with Crippen LogP contribution in [0.15, 0.2) is 0 Å². The van der Waals surface area contributed by atoms with Crippen molar-refractivity contribution in [3.05, 3.63) is 0 Å². The van der Waals surface area contributed by atoms with Crippen molar-refractivity contribution in [3.63, 3.8) is 0 Å². The average molecular weight is 148 g/mol. The summed E-state index contributed by atoms with van der Waals surface area (Å²) in [6, 6.07) is 0. The first-order valence-corrected chi connectivity index (χ1v) is 3.90. The van der Waals surface area contributed by atoms with Crippen LogP contribution in [-0.4, -0.2) is 45.5 Å². The molecule has 0 aromatic rings. The molecule has 0 bridgehead atoms. The van der Waals surface area contributed by atoms with Gasteiger partial charge in [0, 0.05) is 6.16 Å².